The molecule has 3 nitrogen and oxygen atoms in total. The molecule has 1 aliphatic rings. The van der Waals surface area contributed by atoms with Crippen molar-refractivity contribution in [1.29, 1.82) is 0 Å². The van der Waals surface area contributed by atoms with Gasteiger partial charge in [0.2, 0.25) is 0 Å². The van der Waals surface area contributed by atoms with Crippen LogP contribution in [0.15, 0.2) is 164 Å². The highest BCUT2D eigenvalue weighted by atomic mass is 15.1. The third-order valence-electron chi connectivity index (χ3n) is 8.79. The summed E-state index contributed by atoms with van der Waals surface area (Å²) >= 11 is 0. The van der Waals surface area contributed by atoms with Gasteiger partial charge in [-0.25, -0.2) is 0 Å². The molecule has 3 heterocycles. The van der Waals surface area contributed by atoms with E-state index in [0.29, 0.717) is 0 Å². The Balaban J connectivity index is 1.21. The van der Waals surface area contributed by atoms with Gasteiger partial charge in [-0.05, 0) is 82.9 Å². The number of hydrogen-bond acceptors (Lipinski definition) is 2. The van der Waals surface area contributed by atoms with Crippen molar-refractivity contribution >= 4 is 39.0 Å². The zero-order valence-corrected chi connectivity index (χ0v) is 23.9. The maximum absolute atomic E-state index is 4.71. The number of aromatic nitrogens is 2. The lowest BCUT2D eigenvalue weighted by Gasteiger charge is -2.27. The van der Waals surface area contributed by atoms with Crippen LogP contribution in [0, 0.1) is 0 Å². The van der Waals surface area contributed by atoms with Gasteiger partial charge in [-0.1, -0.05) is 97.1 Å². The highest BCUT2D eigenvalue weighted by Gasteiger charge is 2.26. The van der Waals surface area contributed by atoms with Crippen molar-refractivity contribution in [3.63, 3.8) is 0 Å². The van der Waals surface area contributed by atoms with Crippen LogP contribution in [-0.2, 0) is 0 Å². The molecule has 0 atom stereocenters. The smallest absolute Gasteiger partial charge is 0.0963 e. The average Bonchev–Trinajstić information content (AvgIpc) is 3.37. The number of pyridine rings is 1. The lowest BCUT2D eigenvalue weighted by atomic mass is 9.92. The van der Waals surface area contributed by atoms with Gasteiger partial charge in [0.15, 0.2) is 0 Å². The van der Waals surface area contributed by atoms with Gasteiger partial charge < -0.3 is 9.47 Å². The summed E-state index contributed by atoms with van der Waals surface area (Å²) in [4.78, 5) is 7.10. The molecule has 2 aromatic heterocycles. The Morgan fingerprint density at radius 1 is 0.409 bits per heavy atom. The summed E-state index contributed by atoms with van der Waals surface area (Å²) in [6, 6.07) is 56.6. The van der Waals surface area contributed by atoms with E-state index < -0.39 is 0 Å². The van der Waals surface area contributed by atoms with Gasteiger partial charge in [0.05, 0.1) is 27.9 Å². The fourth-order valence-corrected chi connectivity index (χ4v) is 6.83. The van der Waals surface area contributed by atoms with Gasteiger partial charge in [0.1, 0.15) is 0 Å². The van der Waals surface area contributed by atoms with Gasteiger partial charge >= 0.3 is 0 Å². The Bertz CT molecular complexity index is 2280. The third kappa shape index (κ3) is 3.73. The Labute approximate surface area is 255 Å². The van der Waals surface area contributed by atoms with Crippen LogP contribution in [0.4, 0.5) is 17.1 Å². The summed E-state index contributed by atoms with van der Waals surface area (Å²) in [6.45, 7) is 0. The minimum absolute atomic E-state index is 1.03. The highest BCUT2D eigenvalue weighted by Crippen LogP contribution is 2.51. The first-order chi connectivity index (χ1) is 21.8. The van der Waals surface area contributed by atoms with Crippen LogP contribution >= 0.6 is 0 Å². The molecular weight excluding hydrogens is 534 g/mol. The van der Waals surface area contributed by atoms with Crippen LogP contribution in [0.2, 0.25) is 0 Å². The van der Waals surface area contributed by atoms with Crippen molar-refractivity contribution in [3.8, 4) is 39.1 Å². The van der Waals surface area contributed by atoms with Gasteiger partial charge in [-0.15, -0.1) is 0 Å². The second kappa shape index (κ2) is 9.82. The average molecular weight is 562 g/mol. The van der Waals surface area contributed by atoms with E-state index in [4.69, 9.17) is 4.98 Å². The number of nitrogens with zero attached hydrogens (tertiary/aromatic N) is 3. The van der Waals surface area contributed by atoms with Gasteiger partial charge in [-0.3, -0.25) is 4.98 Å². The fraction of sp³-hybridized carbons (Fsp3) is 0. The van der Waals surface area contributed by atoms with Crippen LogP contribution in [0.3, 0.4) is 0 Å². The molecule has 6 aromatic carbocycles. The maximum atomic E-state index is 4.71. The molecule has 9 rings (SSSR count). The predicted molar refractivity (Wildman–Crippen MR) is 183 cm³/mol. The van der Waals surface area contributed by atoms with E-state index in [1.165, 1.54) is 50.1 Å². The summed E-state index contributed by atoms with van der Waals surface area (Å²) in [5.74, 6) is 0. The van der Waals surface area contributed by atoms with Crippen LogP contribution in [0.1, 0.15) is 0 Å². The lowest BCUT2D eigenvalue weighted by molar-refractivity contribution is 1.18. The molecule has 1 aliphatic heterocycles. The molecule has 8 aromatic rings. The number of benzene rings is 6. The molecule has 44 heavy (non-hydrogen) atoms. The molecule has 0 saturated heterocycles. The van der Waals surface area contributed by atoms with Crippen LogP contribution < -0.4 is 4.90 Å². The van der Waals surface area contributed by atoms with Crippen molar-refractivity contribution < 1.29 is 0 Å². The molecule has 0 unspecified atom stereocenters. The molecular formula is C41H27N3. The van der Waals surface area contributed by atoms with Crippen molar-refractivity contribution in [3.05, 3.63) is 164 Å². The van der Waals surface area contributed by atoms with Crippen molar-refractivity contribution in [1.82, 2.24) is 9.55 Å². The number of para-hydroxylation sites is 3. The molecule has 0 bridgehead atoms. The van der Waals surface area contributed by atoms with Gasteiger partial charge in [0.25, 0.3) is 0 Å². The number of hydrogen-bond donors (Lipinski definition) is 0. The molecule has 206 valence electrons. The van der Waals surface area contributed by atoms with Crippen molar-refractivity contribution in [2.75, 3.05) is 4.90 Å². The van der Waals surface area contributed by atoms with Gasteiger partial charge in [0, 0.05) is 34.1 Å². The van der Waals surface area contributed by atoms with Gasteiger partial charge in [-0.2, -0.15) is 0 Å². The first-order valence-corrected chi connectivity index (χ1v) is 15.0. The summed E-state index contributed by atoms with van der Waals surface area (Å²) < 4.78 is 2.31. The van der Waals surface area contributed by atoms with E-state index in [2.05, 4.69) is 161 Å². The summed E-state index contributed by atoms with van der Waals surface area (Å²) in [5, 5.41) is 1.17. The normalized spacial score (nSPS) is 12.0. The van der Waals surface area contributed by atoms with E-state index in [-0.39, 0.29) is 0 Å². The summed E-state index contributed by atoms with van der Waals surface area (Å²) in [6.07, 6.45) is 1.87. The van der Waals surface area contributed by atoms with Crippen LogP contribution in [-0.4, -0.2) is 9.55 Å². The summed E-state index contributed by atoms with van der Waals surface area (Å²) in [7, 11) is 0. The molecule has 3 heteroatoms. The third-order valence-corrected chi connectivity index (χ3v) is 8.79. The quantitative estimate of drug-likeness (QED) is 0.214. The van der Waals surface area contributed by atoms with Crippen LogP contribution in [0.5, 0.6) is 0 Å². The second-order valence-corrected chi connectivity index (χ2v) is 11.2. The van der Waals surface area contributed by atoms with Crippen molar-refractivity contribution in [2.24, 2.45) is 0 Å². The first kappa shape index (κ1) is 24.6. The lowest BCUT2D eigenvalue weighted by Crippen LogP contribution is -2.10. The standard InChI is InChI=1S/C41H27N3/c1-2-11-30(12-3-1)43-37-17-8-6-15-34(37)32-13-4-5-14-33(32)36-27-29(22-25-39(36)43)28-20-23-31(24-21-28)44-38-18-9-7-16-35(38)41-40(44)19-10-26-42-41/h1-27H. The van der Waals surface area contributed by atoms with E-state index in [9.17, 15) is 0 Å². The van der Waals surface area contributed by atoms with Crippen LogP contribution in [0.25, 0.3) is 61.0 Å². The number of anilines is 3. The fourth-order valence-electron chi connectivity index (χ4n) is 6.83. The largest absolute Gasteiger partial charge is 0.309 e. The Morgan fingerprint density at radius 3 is 1.89 bits per heavy atom. The predicted octanol–water partition coefficient (Wildman–Crippen LogP) is 11.0. The molecule has 0 N–H and O–H groups in total. The first-order valence-electron chi connectivity index (χ1n) is 15.0. The topological polar surface area (TPSA) is 21.1 Å². The minimum atomic E-state index is 1.03. The zero-order chi connectivity index (χ0) is 29.0. The molecule has 0 saturated carbocycles. The summed E-state index contributed by atoms with van der Waals surface area (Å²) in [5.41, 5.74) is 15.2. The number of rotatable bonds is 3. The monoisotopic (exact) mass is 561 g/mol. The molecule has 0 spiro atoms. The SMILES string of the molecule is c1ccc(N2c3ccccc3-c3ccccc3-c3cc(-c4ccc(-n5c6ccccc6c6ncccc65)cc4)ccc32)cc1. The zero-order valence-electron chi connectivity index (χ0n) is 23.9. The number of fused-ring (bicyclic) bond motifs is 8. The Hall–Kier alpha value is -5.93. The minimum Gasteiger partial charge on any atom is -0.309 e. The molecule has 0 amide bonds. The van der Waals surface area contributed by atoms with E-state index in [0.717, 1.165) is 27.9 Å². The van der Waals surface area contributed by atoms with E-state index in [1.807, 2.05) is 12.3 Å². The molecule has 0 aliphatic carbocycles. The van der Waals surface area contributed by atoms with E-state index in [1.54, 1.807) is 0 Å². The highest BCUT2D eigenvalue weighted by molar-refractivity contribution is 6.07. The van der Waals surface area contributed by atoms with Crippen molar-refractivity contribution in [2.45, 2.75) is 0 Å². The van der Waals surface area contributed by atoms with E-state index >= 15 is 0 Å². The second-order valence-electron chi connectivity index (χ2n) is 11.2. The Morgan fingerprint density at radius 2 is 1.05 bits per heavy atom. The molecule has 0 radical (unpaired) electrons. The Kier molecular flexibility index (Phi) is 5.50. The molecule has 0 fully saturated rings. The maximum Gasteiger partial charge on any atom is 0.0963 e.